The number of carbonyl (C=O) groups excluding carboxylic acids is 4. The van der Waals surface area contributed by atoms with Crippen LogP contribution in [0.5, 0.6) is 0 Å². The molecule has 0 heterocycles. The molecule has 13 N–H and O–H groups in total. The van der Waals surface area contributed by atoms with E-state index < -0.39 is 66.8 Å². The molecule has 0 spiro atoms. The summed E-state index contributed by atoms with van der Waals surface area (Å²) in [7, 11) is 0. The number of primary amides is 1. The average molecular weight is 446 g/mol. The quantitative estimate of drug-likeness (QED) is 0.0688. The first-order valence-corrected chi connectivity index (χ1v) is 9.25. The number of guanidine groups is 1. The number of hydrogen-bond acceptors (Lipinski definition) is 8. The first kappa shape index (κ1) is 27.5. The van der Waals surface area contributed by atoms with Gasteiger partial charge in [0.05, 0.1) is 19.1 Å². The SMILES string of the molecule is C[C@@H](O)[C@H](N)C(=O)NCC(=O)N[C@@H](CC(N)=O)C(=O)N[C@@H](CCCNC(=N)N)C(=O)O. The summed E-state index contributed by atoms with van der Waals surface area (Å²) in [5.74, 6) is -5.22. The van der Waals surface area contributed by atoms with Crippen molar-refractivity contribution in [3.05, 3.63) is 0 Å². The van der Waals surface area contributed by atoms with E-state index in [1.165, 1.54) is 6.92 Å². The molecular formula is C16H30N8O7. The van der Waals surface area contributed by atoms with E-state index in [2.05, 4.69) is 21.3 Å². The molecule has 0 fully saturated rings. The number of amides is 4. The number of carboxylic acid groups (broad SMARTS) is 1. The Balaban J connectivity index is 4.91. The van der Waals surface area contributed by atoms with Crippen LogP contribution in [0.4, 0.5) is 0 Å². The normalized spacial score (nSPS) is 14.3. The Bertz CT molecular complexity index is 685. The zero-order valence-electron chi connectivity index (χ0n) is 17.0. The van der Waals surface area contributed by atoms with Crippen LogP contribution in [0, 0.1) is 5.41 Å². The molecule has 15 heteroatoms. The average Bonchev–Trinajstić information content (AvgIpc) is 2.66. The molecule has 0 radical (unpaired) electrons. The van der Waals surface area contributed by atoms with Gasteiger partial charge in [-0.05, 0) is 19.8 Å². The molecule has 0 saturated heterocycles. The second-order valence-electron chi connectivity index (χ2n) is 6.66. The van der Waals surface area contributed by atoms with Crippen LogP contribution in [0.3, 0.4) is 0 Å². The number of carbonyl (C=O) groups is 5. The molecule has 0 rings (SSSR count). The van der Waals surface area contributed by atoms with Gasteiger partial charge in [0.2, 0.25) is 23.6 Å². The van der Waals surface area contributed by atoms with Gasteiger partial charge >= 0.3 is 5.97 Å². The van der Waals surface area contributed by atoms with E-state index >= 15 is 0 Å². The van der Waals surface area contributed by atoms with Crippen LogP contribution in [-0.4, -0.2) is 83.1 Å². The van der Waals surface area contributed by atoms with Crippen molar-refractivity contribution in [2.75, 3.05) is 13.1 Å². The van der Waals surface area contributed by atoms with Gasteiger partial charge in [0.25, 0.3) is 0 Å². The molecule has 0 unspecified atom stereocenters. The number of nitrogens with two attached hydrogens (primary N) is 3. The Labute approximate surface area is 178 Å². The topological polar surface area (TPSA) is 276 Å². The molecule has 0 saturated carbocycles. The van der Waals surface area contributed by atoms with Crippen molar-refractivity contribution in [3.8, 4) is 0 Å². The summed E-state index contributed by atoms with van der Waals surface area (Å²) in [6, 6.07) is -4.09. The Morgan fingerprint density at radius 1 is 1.00 bits per heavy atom. The number of hydrogen-bond donors (Lipinski definition) is 10. The van der Waals surface area contributed by atoms with Crippen LogP contribution in [0.1, 0.15) is 26.2 Å². The maximum Gasteiger partial charge on any atom is 0.326 e. The van der Waals surface area contributed by atoms with Crippen molar-refractivity contribution >= 4 is 35.6 Å². The number of aliphatic hydroxyl groups is 1. The van der Waals surface area contributed by atoms with Crippen LogP contribution in [0.25, 0.3) is 0 Å². The van der Waals surface area contributed by atoms with E-state index in [9.17, 15) is 34.2 Å². The summed E-state index contributed by atoms with van der Waals surface area (Å²) >= 11 is 0. The first-order valence-electron chi connectivity index (χ1n) is 9.25. The lowest BCUT2D eigenvalue weighted by atomic mass is 10.1. The van der Waals surface area contributed by atoms with Gasteiger partial charge < -0.3 is 48.7 Å². The van der Waals surface area contributed by atoms with Gasteiger partial charge in [-0.1, -0.05) is 0 Å². The minimum absolute atomic E-state index is 0.0219. The number of aliphatic carboxylic acids is 1. The number of carboxylic acids is 1. The summed E-state index contributed by atoms with van der Waals surface area (Å²) in [5.41, 5.74) is 15.6. The first-order chi connectivity index (χ1) is 14.3. The largest absolute Gasteiger partial charge is 0.480 e. The maximum atomic E-state index is 12.4. The van der Waals surface area contributed by atoms with E-state index in [4.69, 9.17) is 22.6 Å². The Morgan fingerprint density at radius 2 is 1.61 bits per heavy atom. The Hall–Kier alpha value is -3.46. The molecule has 0 aromatic rings. The zero-order valence-corrected chi connectivity index (χ0v) is 17.0. The fourth-order valence-corrected chi connectivity index (χ4v) is 2.22. The molecule has 0 bridgehead atoms. The van der Waals surface area contributed by atoms with Gasteiger partial charge in [0.1, 0.15) is 18.1 Å². The Morgan fingerprint density at radius 3 is 2.10 bits per heavy atom. The molecular weight excluding hydrogens is 416 g/mol. The second kappa shape index (κ2) is 13.7. The summed E-state index contributed by atoms with van der Waals surface area (Å²) < 4.78 is 0. The summed E-state index contributed by atoms with van der Waals surface area (Å²) in [6.07, 6.45) is -1.54. The summed E-state index contributed by atoms with van der Waals surface area (Å²) in [6.45, 7) is 0.873. The predicted octanol–water partition coefficient (Wildman–Crippen LogP) is -5.00. The van der Waals surface area contributed by atoms with Crippen molar-refractivity contribution in [1.82, 2.24) is 21.3 Å². The number of nitrogens with one attached hydrogen (secondary N) is 5. The second-order valence-corrected chi connectivity index (χ2v) is 6.66. The smallest absolute Gasteiger partial charge is 0.326 e. The summed E-state index contributed by atoms with van der Waals surface area (Å²) in [4.78, 5) is 58.7. The minimum atomic E-state index is -1.48. The van der Waals surface area contributed by atoms with Gasteiger partial charge in [-0.2, -0.15) is 0 Å². The Kier molecular flexibility index (Phi) is 12.2. The van der Waals surface area contributed by atoms with Gasteiger partial charge in [-0.25, -0.2) is 4.79 Å². The van der Waals surface area contributed by atoms with Gasteiger partial charge in [0, 0.05) is 6.54 Å². The van der Waals surface area contributed by atoms with Crippen LogP contribution < -0.4 is 38.5 Å². The standard InChI is InChI=1S/C16H30N8O7/c1-7(25)12(18)14(29)22-6-11(27)23-9(5-10(17)26)13(28)24-8(15(30)31)3-2-4-21-16(19)20/h7-9,12,25H,2-6,18H2,1H3,(H2,17,26)(H,22,29)(H,23,27)(H,24,28)(H,30,31)(H4,19,20,21)/t7-,8+,9+,12+/m1/s1. The van der Waals surface area contributed by atoms with E-state index in [1.54, 1.807) is 0 Å². The van der Waals surface area contributed by atoms with Crippen LogP contribution >= 0.6 is 0 Å². The lowest BCUT2D eigenvalue weighted by Gasteiger charge is -2.21. The molecule has 15 nitrogen and oxygen atoms in total. The fourth-order valence-electron chi connectivity index (χ4n) is 2.22. The van der Waals surface area contributed by atoms with Crippen LogP contribution in [-0.2, 0) is 24.0 Å². The van der Waals surface area contributed by atoms with Crippen molar-refractivity contribution in [1.29, 1.82) is 5.41 Å². The van der Waals surface area contributed by atoms with Crippen molar-refractivity contribution < 1.29 is 34.2 Å². The number of rotatable bonds is 14. The molecule has 176 valence electrons. The van der Waals surface area contributed by atoms with Crippen LogP contribution in [0.2, 0.25) is 0 Å². The molecule has 4 atom stereocenters. The molecule has 4 amide bonds. The van der Waals surface area contributed by atoms with E-state index in [0.29, 0.717) is 0 Å². The van der Waals surface area contributed by atoms with Crippen molar-refractivity contribution in [2.45, 2.75) is 50.4 Å². The highest BCUT2D eigenvalue weighted by Crippen LogP contribution is 2.00. The van der Waals surface area contributed by atoms with Gasteiger partial charge in [-0.15, -0.1) is 0 Å². The molecule has 0 aromatic heterocycles. The van der Waals surface area contributed by atoms with Crippen molar-refractivity contribution in [2.24, 2.45) is 17.2 Å². The zero-order chi connectivity index (χ0) is 24.1. The monoisotopic (exact) mass is 446 g/mol. The molecule has 31 heavy (non-hydrogen) atoms. The minimum Gasteiger partial charge on any atom is -0.480 e. The third-order valence-electron chi connectivity index (χ3n) is 3.90. The highest BCUT2D eigenvalue weighted by Gasteiger charge is 2.28. The third kappa shape index (κ3) is 12.0. The van der Waals surface area contributed by atoms with Crippen molar-refractivity contribution in [3.63, 3.8) is 0 Å². The lowest BCUT2D eigenvalue weighted by molar-refractivity contribution is -0.142. The summed E-state index contributed by atoms with van der Waals surface area (Å²) in [5, 5.41) is 34.5. The third-order valence-corrected chi connectivity index (χ3v) is 3.90. The highest BCUT2D eigenvalue weighted by atomic mass is 16.4. The highest BCUT2D eigenvalue weighted by molar-refractivity contribution is 5.95. The lowest BCUT2D eigenvalue weighted by Crippen LogP contribution is -2.55. The van der Waals surface area contributed by atoms with E-state index in [1.807, 2.05) is 0 Å². The van der Waals surface area contributed by atoms with E-state index in [-0.39, 0.29) is 25.3 Å². The predicted molar refractivity (Wildman–Crippen MR) is 107 cm³/mol. The molecule has 0 aromatic carbocycles. The van der Waals surface area contributed by atoms with Gasteiger partial charge in [0.15, 0.2) is 5.96 Å². The van der Waals surface area contributed by atoms with Crippen LogP contribution in [0.15, 0.2) is 0 Å². The molecule has 0 aliphatic carbocycles. The molecule has 0 aliphatic heterocycles. The molecule has 0 aliphatic rings. The van der Waals surface area contributed by atoms with E-state index in [0.717, 1.165) is 0 Å². The van der Waals surface area contributed by atoms with Gasteiger partial charge in [-0.3, -0.25) is 24.6 Å². The maximum absolute atomic E-state index is 12.4. The fraction of sp³-hybridized carbons (Fsp3) is 0.625. The number of aliphatic hydroxyl groups excluding tert-OH is 1.